The quantitative estimate of drug-likeness (QED) is 0.908. The van der Waals surface area contributed by atoms with Crippen LogP contribution in [-0.4, -0.2) is 27.7 Å². The number of anilines is 1. The summed E-state index contributed by atoms with van der Waals surface area (Å²) in [4.78, 5) is 16.4. The summed E-state index contributed by atoms with van der Waals surface area (Å²) >= 11 is 3.48. The Balaban J connectivity index is 2.27. The van der Waals surface area contributed by atoms with Gasteiger partial charge in [0.2, 0.25) is 5.95 Å². The highest BCUT2D eigenvalue weighted by Crippen LogP contribution is 2.39. The van der Waals surface area contributed by atoms with Crippen molar-refractivity contribution in [2.75, 3.05) is 12.4 Å². The number of carbonyl (C=O) groups is 1. The van der Waals surface area contributed by atoms with Crippen LogP contribution in [0.1, 0.15) is 25.5 Å². The molecule has 1 N–H and O–H groups in total. The Hall–Kier alpha value is -2.15. The zero-order chi connectivity index (χ0) is 15.9. The summed E-state index contributed by atoms with van der Waals surface area (Å²) in [6, 6.07) is 5.33. The lowest BCUT2D eigenvalue weighted by atomic mass is 9.92. The first-order valence-corrected chi connectivity index (χ1v) is 7.54. The number of ketones is 1. The van der Waals surface area contributed by atoms with E-state index in [4.69, 9.17) is 4.74 Å². The van der Waals surface area contributed by atoms with Crippen molar-refractivity contribution in [3.05, 3.63) is 45.8 Å². The van der Waals surface area contributed by atoms with E-state index in [9.17, 15) is 4.79 Å². The van der Waals surface area contributed by atoms with Crippen LogP contribution in [0.5, 0.6) is 5.75 Å². The predicted octanol–water partition coefficient (Wildman–Crippen LogP) is 2.93. The van der Waals surface area contributed by atoms with E-state index in [1.54, 1.807) is 18.7 Å². The maximum atomic E-state index is 12.2. The number of nitrogens with one attached hydrogen (secondary N) is 1. The van der Waals surface area contributed by atoms with Crippen LogP contribution < -0.4 is 10.1 Å². The highest BCUT2D eigenvalue weighted by molar-refractivity contribution is 9.10. The Morgan fingerprint density at radius 2 is 2.23 bits per heavy atom. The zero-order valence-corrected chi connectivity index (χ0v) is 14.0. The third-order valence-corrected chi connectivity index (χ3v) is 4.15. The molecule has 1 atom stereocenters. The molecule has 0 unspecified atom stereocenters. The molecule has 0 aliphatic carbocycles. The number of ether oxygens (including phenoxy) is 1. The number of benzene rings is 1. The minimum Gasteiger partial charge on any atom is -0.496 e. The van der Waals surface area contributed by atoms with Gasteiger partial charge in [0.1, 0.15) is 18.1 Å². The molecule has 22 heavy (non-hydrogen) atoms. The van der Waals surface area contributed by atoms with E-state index < -0.39 is 0 Å². The number of hydrogen-bond donors (Lipinski definition) is 1. The molecule has 6 nitrogen and oxygen atoms in total. The van der Waals surface area contributed by atoms with Gasteiger partial charge in [-0.15, -0.1) is 0 Å². The summed E-state index contributed by atoms with van der Waals surface area (Å²) < 4.78 is 8.08. The monoisotopic (exact) mass is 362 g/mol. The van der Waals surface area contributed by atoms with Gasteiger partial charge in [0.15, 0.2) is 5.78 Å². The number of carbonyl (C=O) groups excluding carboxylic acids is 1. The number of Topliss-reactive ketones (excluding diaryl/α,β-unsaturated/α-hetero) is 1. The third-order valence-electron chi connectivity index (χ3n) is 3.66. The Morgan fingerprint density at radius 3 is 2.91 bits per heavy atom. The lowest BCUT2D eigenvalue weighted by molar-refractivity contribution is -0.114. The Bertz CT molecular complexity index is 782. The van der Waals surface area contributed by atoms with Crippen molar-refractivity contribution in [1.29, 1.82) is 0 Å². The molecule has 1 aromatic carbocycles. The molecule has 0 radical (unpaired) electrons. The van der Waals surface area contributed by atoms with Gasteiger partial charge in [-0.25, -0.2) is 4.68 Å². The van der Waals surface area contributed by atoms with Gasteiger partial charge in [0, 0.05) is 21.3 Å². The van der Waals surface area contributed by atoms with E-state index in [0.29, 0.717) is 17.3 Å². The minimum absolute atomic E-state index is 0.0156. The third kappa shape index (κ3) is 2.31. The van der Waals surface area contributed by atoms with E-state index in [-0.39, 0.29) is 11.8 Å². The molecule has 7 heteroatoms. The van der Waals surface area contributed by atoms with Crippen LogP contribution in [0.3, 0.4) is 0 Å². The summed E-state index contributed by atoms with van der Waals surface area (Å²) in [5, 5.41) is 7.39. The molecule has 0 saturated carbocycles. The molecule has 1 aromatic heterocycles. The lowest BCUT2D eigenvalue weighted by Crippen LogP contribution is -2.28. The number of halogens is 1. The highest BCUT2D eigenvalue weighted by Gasteiger charge is 2.33. The van der Waals surface area contributed by atoms with Crippen LogP contribution in [-0.2, 0) is 4.79 Å². The number of nitrogens with zero attached hydrogens (tertiary/aromatic N) is 3. The van der Waals surface area contributed by atoms with Gasteiger partial charge in [-0.05, 0) is 32.0 Å². The molecular weight excluding hydrogens is 348 g/mol. The molecule has 0 amide bonds. The molecule has 0 saturated heterocycles. The number of allylic oxidation sites excluding steroid dienone is 2. The van der Waals surface area contributed by atoms with Gasteiger partial charge in [0.25, 0.3) is 0 Å². The fourth-order valence-corrected chi connectivity index (χ4v) is 3.13. The number of fused-ring (bicyclic) bond motifs is 1. The second-order valence-electron chi connectivity index (χ2n) is 5.04. The van der Waals surface area contributed by atoms with Crippen molar-refractivity contribution in [3.8, 4) is 5.75 Å². The standard InChI is InChI=1S/C15H15BrN4O2/c1-8-13(9(2)21)14(20-15(19-8)17-7-18-20)11-6-10(16)4-5-12(11)22-3/h4-7,14H,1-3H3,(H,17,18,19)/t14-/m0/s1. The molecule has 0 bridgehead atoms. The second kappa shape index (κ2) is 5.57. The molecule has 3 rings (SSSR count). The van der Waals surface area contributed by atoms with E-state index >= 15 is 0 Å². The van der Waals surface area contributed by atoms with Crippen LogP contribution in [0.25, 0.3) is 0 Å². The fourth-order valence-electron chi connectivity index (χ4n) is 2.75. The number of aromatic nitrogens is 3. The first-order valence-electron chi connectivity index (χ1n) is 6.74. The van der Waals surface area contributed by atoms with Crippen molar-refractivity contribution in [2.24, 2.45) is 0 Å². The molecular formula is C15H15BrN4O2. The number of hydrogen-bond acceptors (Lipinski definition) is 5. The van der Waals surface area contributed by atoms with Gasteiger partial charge in [-0.3, -0.25) is 4.79 Å². The first kappa shape index (κ1) is 14.8. The van der Waals surface area contributed by atoms with Crippen molar-refractivity contribution < 1.29 is 9.53 Å². The van der Waals surface area contributed by atoms with Crippen molar-refractivity contribution in [3.63, 3.8) is 0 Å². The van der Waals surface area contributed by atoms with Crippen LogP contribution in [0.4, 0.5) is 5.95 Å². The zero-order valence-electron chi connectivity index (χ0n) is 12.4. The van der Waals surface area contributed by atoms with Gasteiger partial charge < -0.3 is 10.1 Å². The number of rotatable bonds is 3. The topological polar surface area (TPSA) is 69.0 Å². The van der Waals surface area contributed by atoms with E-state index in [2.05, 4.69) is 31.3 Å². The summed E-state index contributed by atoms with van der Waals surface area (Å²) in [7, 11) is 1.61. The normalized spacial score (nSPS) is 17.0. The van der Waals surface area contributed by atoms with Crippen LogP contribution in [0.15, 0.2) is 40.3 Å². The summed E-state index contributed by atoms with van der Waals surface area (Å²) in [6.07, 6.45) is 1.47. The van der Waals surface area contributed by atoms with Gasteiger partial charge in [-0.2, -0.15) is 10.1 Å². The minimum atomic E-state index is -0.372. The smallest absolute Gasteiger partial charge is 0.226 e. The van der Waals surface area contributed by atoms with Crippen molar-refractivity contribution in [1.82, 2.24) is 14.8 Å². The molecule has 1 aliphatic rings. The van der Waals surface area contributed by atoms with Crippen LogP contribution in [0, 0.1) is 0 Å². The maximum absolute atomic E-state index is 12.2. The Labute approximate surface area is 136 Å². The Morgan fingerprint density at radius 1 is 1.45 bits per heavy atom. The van der Waals surface area contributed by atoms with Crippen LogP contribution >= 0.6 is 15.9 Å². The number of methoxy groups -OCH3 is 1. The largest absolute Gasteiger partial charge is 0.496 e. The average Bonchev–Trinajstić information content (AvgIpc) is 2.93. The van der Waals surface area contributed by atoms with E-state index in [0.717, 1.165) is 15.7 Å². The molecule has 0 spiro atoms. The summed E-state index contributed by atoms with van der Waals surface area (Å²) in [5.41, 5.74) is 2.28. The molecule has 2 aromatic rings. The molecule has 0 fully saturated rings. The van der Waals surface area contributed by atoms with E-state index in [1.807, 2.05) is 25.1 Å². The summed E-state index contributed by atoms with van der Waals surface area (Å²) in [5.74, 6) is 1.29. The average molecular weight is 363 g/mol. The van der Waals surface area contributed by atoms with Gasteiger partial charge in [0.05, 0.1) is 7.11 Å². The molecule has 2 heterocycles. The molecule has 1 aliphatic heterocycles. The first-order chi connectivity index (χ1) is 10.5. The van der Waals surface area contributed by atoms with Crippen molar-refractivity contribution in [2.45, 2.75) is 19.9 Å². The highest BCUT2D eigenvalue weighted by atomic mass is 79.9. The van der Waals surface area contributed by atoms with Gasteiger partial charge in [-0.1, -0.05) is 15.9 Å². The lowest BCUT2D eigenvalue weighted by Gasteiger charge is -2.29. The Kier molecular flexibility index (Phi) is 3.74. The van der Waals surface area contributed by atoms with E-state index in [1.165, 1.54) is 6.33 Å². The summed E-state index contributed by atoms with van der Waals surface area (Å²) in [6.45, 7) is 3.42. The SMILES string of the molecule is COc1ccc(Br)cc1[C@H]1C(C(C)=O)=C(C)Nc2ncnn21. The van der Waals surface area contributed by atoms with Crippen LogP contribution in [0.2, 0.25) is 0 Å². The second-order valence-corrected chi connectivity index (χ2v) is 5.95. The van der Waals surface area contributed by atoms with Crippen molar-refractivity contribution >= 4 is 27.7 Å². The fraction of sp³-hybridized carbons (Fsp3) is 0.267. The predicted molar refractivity (Wildman–Crippen MR) is 85.9 cm³/mol. The maximum Gasteiger partial charge on any atom is 0.226 e. The molecule has 114 valence electrons. The van der Waals surface area contributed by atoms with Gasteiger partial charge >= 0.3 is 0 Å².